The highest BCUT2D eigenvalue weighted by molar-refractivity contribution is 7.14. The topological polar surface area (TPSA) is 51.2 Å². The van der Waals surface area contributed by atoms with Crippen LogP contribution in [0.5, 0.6) is 5.75 Å². The number of hydrogen-bond acceptors (Lipinski definition) is 4. The number of benzene rings is 2. The van der Waals surface area contributed by atoms with Crippen LogP contribution >= 0.6 is 11.3 Å². The molecule has 2 aromatic carbocycles. The van der Waals surface area contributed by atoms with Gasteiger partial charge in [0.25, 0.3) is 5.91 Å². The first-order valence-electron chi connectivity index (χ1n) is 8.52. The van der Waals surface area contributed by atoms with Crippen LogP contribution in [0.4, 0.5) is 13.9 Å². The number of thiazole rings is 1. The minimum Gasteiger partial charge on any atom is -0.494 e. The Morgan fingerprint density at radius 1 is 1.19 bits per heavy atom. The first kappa shape index (κ1) is 19.0. The summed E-state index contributed by atoms with van der Waals surface area (Å²) >= 11 is 1.17. The van der Waals surface area contributed by atoms with Crippen LogP contribution in [0.1, 0.15) is 30.1 Å². The zero-order chi connectivity index (χ0) is 19.2. The Balaban J connectivity index is 1.65. The van der Waals surface area contributed by atoms with E-state index in [2.05, 4.69) is 17.2 Å². The molecule has 0 aliphatic rings. The minimum atomic E-state index is -0.697. The summed E-state index contributed by atoms with van der Waals surface area (Å²) in [5.41, 5.74) is 0.983. The molecule has 3 rings (SSSR count). The number of carbonyl (C=O) groups excluding carboxylic acids is 1. The molecule has 0 bridgehead atoms. The number of amides is 1. The highest BCUT2D eigenvalue weighted by atomic mass is 32.1. The van der Waals surface area contributed by atoms with Crippen LogP contribution in [0, 0.1) is 11.6 Å². The normalized spacial score (nSPS) is 10.6. The van der Waals surface area contributed by atoms with Crippen molar-refractivity contribution in [3.05, 3.63) is 65.0 Å². The molecule has 0 aliphatic heterocycles. The van der Waals surface area contributed by atoms with Gasteiger partial charge in [-0.2, -0.15) is 0 Å². The Labute approximate surface area is 159 Å². The van der Waals surface area contributed by atoms with E-state index in [0.717, 1.165) is 18.9 Å². The molecule has 0 radical (unpaired) electrons. The van der Waals surface area contributed by atoms with E-state index in [1.807, 2.05) is 0 Å². The summed E-state index contributed by atoms with van der Waals surface area (Å²) in [6.07, 6.45) is 2.03. The number of unbranched alkanes of at least 4 members (excludes halogenated alkanes) is 1. The summed E-state index contributed by atoms with van der Waals surface area (Å²) in [6.45, 7) is 2.73. The number of hydrogen-bond donors (Lipinski definition) is 1. The van der Waals surface area contributed by atoms with Crippen molar-refractivity contribution in [2.45, 2.75) is 19.8 Å². The third-order valence-corrected chi connectivity index (χ3v) is 4.57. The molecule has 0 spiro atoms. The molecule has 1 N–H and O–H groups in total. The molecule has 0 saturated heterocycles. The van der Waals surface area contributed by atoms with Gasteiger partial charge in [-0.3, -0.25) is 10.1 Å². The van der Waals surface area contributed by atoms with Gasteiger partial charge in [0.05, 0.1) is 12.3 Å². The Hall–Kier alpha value is -2.80. The summed E-state index contributed by atoms with van der Waals surface area (Å²) in [5, 5.41) is 4.63. The van der Waals surface area contributed by atoms with E-state index >= 15 is 0 Å². The second-order valence-electron chi connectivity index (χ2n) is 5.84. The van der Waals surface area contributed by atoms with E-state index < -0.39 is 11.6 Å². The molecule has 0 fully saturated rings. The molecule has 1 heterocycles. The summed E-state index contributed by atoms with van der Waals surface area (Å²) in [7, 11) is 0. The number of nitrogens with one attached hydrogen (secondary N) is 1. The number of nitrogens with zero attached hydrogens (tertiary/aromatic N) is 1. The van der Waals surface area contributed by atoms with Crippen LogP contribution in [-0.4, -0.2) is 17.5 Å². The molecule has 3 aromatic rings. The van der Waals surface area contributed by atoms with Gasteiger partial charge in [-0.25, -0.2) is 13.8 Å². The van der Waals surface area contributed by atoms with Crippen LogP contribution in [0.15, 0.2) is 47.8 Å². The molecule has 4 nitrogen and oxygen atoms in total. The van der Waals surface area contributed by atoms with E-state index in [1.165, 1.54) is 23.5 Å². The molecule has 27 heavy (non-hydrogen) atoms. The lowest BCUT2D eigenvalue weighted by molar-refractivity contribution is 0.102. The Kier molecular flexibility index (Phi) is 6.13. The number of aromatic nitrogens is 1. The fourth-order valence-electron chi connectivity index (χ4n) is 2.36. The molecule has 140 valence electrons. The number of carbonyl (C=O) groups is 1. The van der Waals surface area contributed by atoms with Crippen molar-refractivity contribution in [1.82, 2.24) is 4.98 Å². The van der Waals surface area contributed by atoms with Gasteiger partial charge in [0.1, 0.15) is 17.4 Å². The Morgan fingerprint density at radius 3 is 2.67 bits per heavy atom. The molecule has 0 unspecified atom stereocenters. The number of rotatable bonds is 7. The highest BCUT2D eigenvalue weighted by Gasteiger charge is 2.13. The smallest absolute Gasteiger partial charge is 0.257 e. The molecule has 0 aliphatic carbocycles. The molecule has 0 atom stereocenters. The summed E-state index contributed by atoms with van der Waals surface area (Å²) in [4.78, 5) is 16.5. The second kappa shape index (κ2) is 8.73. The van der Waals surface area contributed by atoms with Crippen molar-refractivity contribution in [2.75, 3.05) is 11.9 Å². The van der Waals surface area contributed by atoms with Gasteiger partial charge in [0.2, 0.25) is 0 Å². The van der Waals surface area contributed by atoms with Gasteiger partial charge >= 0.3 is 0 Å². The van der Waals surface area contributed by atoms with E-state index in [-0.39, 0.29) is 11.5 Å². The Bertz CT molecular complexity index is 926. The SMILES string of the molecule is CCCCOc1ccc(C(=O)Nc2nc(-c3ccc(F)cc3F)cs2)cc1. The van der Waals surface area contributed by atoms with Crippen molar-refractivity contribution in [3.8, 4) is 17.0 Å². The van der Waals surface area contributed by atoms with Gasteiger partial charge in [-0.1, -0.05) is 13.3 Å². The molecular formula is C20H18F2N2O2S. The number of anilines is 1. The van der Waals surface area contributed by atoms with Crippen LogP contribution in [0.3, 0.4) is 0 Å². The number of ether oxygens (including phenoxy) is 1. The van der Waals surface area contributed by atoms with Gasteiger partial charge in [-0.15, -0.1) is 11.3 Å². The predicted molar refractivity (Wildman–Crippen MR) is 102 cm³/mol. The highest BCUT2D eigenvalue weighted by Crippen LogP contribution is 2.27. The van der Waals surface area contributed by atoms with Gasteiger partial charge in [0, 0.05) is 22.6 Å². The monoisotopic (exact) mass is 388 g/mol. The molecule has 0 saturated carbocycles. The Morgan fingerprint density at radius 2 is 1.96 bits per heavy atom. The first-order valence-corrected chi connectivity index (χ1v) is 9.40. The third-order valence-electron chi connectivity index (χ3n) is 3.81. The maximum Gasteiger partial charge on any atom is 0.257 e. The predicted octanol–water partition coefficient (Wildman–Crippen LogP) is 5.52. The fraction of sp³-hybridized carbons (Fsp3) is 0.200. The van der Waals surface area contributed by atoms with Crippen molar-refractivity contribution in [2.24, 2.45) is 0 Å². The zero-order valence-corrected chi connectivity index (χ0v) is 15.5. The fourth-order valence-corrected chi connectivity index (χ4v) is 3.06. The summed E-state index contributed by atoms with van der Waals surface area (Å²) in [6, 6.07) is 10.1. The van der Waals surface area contributed by atoms with Crippen molar-refractivity contribution in [1.29, 1.82) is 0 Å². The lowest BCUT2D eigenvalue weighted by Gasteiger charge is -2.06. The van der Waals surface area contributed by atoms with Gasteiger partial charge in [0.15, 0.2) is 5.13 Å². The van der Waals surface area contributed by atoms with Gasteiger partial charge in [-0.05, 0) is 42.8 Å². The maximum absolute atomic E-state index is 13.8. The average Bonchev–Trinajstić information content (AvgIpc) is 3.10. The standard InChI is InChI=1S/C20H18F2N2O2S/c1-2-3-10-26-15-7-4-13(5-8-15)19(25)24-20-23-18(12-27-20)16-9-6-14(21)11-17(16)22/h4-9,11-12H,2-3,10H2,1H3,(H,23,24,25). The second-order valence-corrected chi connectivity index (χ2v) is 6.70. The lowest BCUT2D eigenvalue weighted by Crippen LogP contribution is -2.11. The maximum atomic E-state index is 13.8. The largest absolute Gasteiger partial charge is 0.494 e. The van der Waals surface area contributed by atoms with Crippen molar-refractivity contribution < 1.29 is 18.3 Å². The summed E-state index contributed by atoms with van der Waals surface area (Å²) in [5.74, 6) is -0.960. The quantitative estimate of drug-likeness (QED) is 0.542. The minimum absolute atomic E-state index is 0.182. The van der Waals surface area contributed by atoms with E-state index in [0.29, 0.717) is 28.7 Å². The number of halogens is 2. The summed E-state index contributed by atoms with van der Waals surface area (Å²) < 4.78 is 32.4. The lowest BCUT2D eigenvalue weighted by atomic mass is 10.1. The third kappa shape index (κ3) is 4.89. The van der Waals surface area contributed by atoms with Gasteiger partial charge < -0.3 is 4.74 Å². The molecule has 1 aromatic heterocycles. The van der Waals surface area contributed by atoms with Crippen molar-refractivity contribution >= 4 is 22.4 Å². The van der Waals surface area contributed by atoms with E-state index in [1.54, 1.807) is 29.6 Å². The van der Waals surface area contributed by atoms with E-state index in [4.69, 9.17) is 4.74 Å². The van der Waals surface area contributed by atoms with Crippen LogP contribution < -0.4 is 10.1 Å². The zero-order valence-electron chi connectivity index (χ0n) is 14.7. The van der Waals surface area contributed by atoms with Crippen LogP contribution in [0.25, 0.3) is 11.3 Å². The van der Waals surface area contributed by atoms with E-state index in [9.17, 15) is 13.6 Å². The molecule has 1 amide bonds. The van der Waals surface area contributed by atoms with Crippen molar-refractivity contribution in [3.63, 3.8) is 0 Å². The van der Waals surface area contributed by atoms with Crippen LogP contribution in [-0.2, 0) is 0 Å². The van der Waals surface area contributed by atoms with Crippen LogP contribution in [0.2, 0.25) is 0 Å². The first-order chi connectivity index (χ1) is 13.1. The molecule has 7 heteroatoms. The average molecular weight is 388 g/mol. The molecular weight excluding hydrogens is 370 g/mol.